The second-order valence-corrected chi connectivity index (χ2v) is 6.07. The third-order valence-corrected chi connectivity index (χ3v) is 4.49. The molecule has 0 N–H and O–H groups in total. The molecule has 0 radical (unpaired) electrons. The van der Waals surface area contributed by atoms with E-state index in [0.717, 1.165) is 10.9 Å². The molecule has 1 amide bonds. The third-order valence-electron chi connectivity index (χ3n) is 4.49. The number of nitrogens with zero attached hydrogens (tertiary/aromatic N) is 5. The Morgan fingerprint density at radius 1 is 1.00 bits per heavy atom. The second kappa shape index (κ2) is 6.95. The van der Waals surface area contributed by atoms with Crippen LogP contribution >= 0.6 is 0 Å². The van der Waals surface area contributed by atoms with Crippen LogP contribution in [0.15, 0.2) is 48.7 Å². The van der Waals surface area contributed by atoms with Crippen LogP contribution < -0.4 is 9.64 Å². The fourth-order valence-electron chi connectivity index (χ4n) is 3.06. The second-order valence-electron chi connectivity index (χ2n) is 6.07. The lowest BCUT2D eigenvalue weighted by atomic mass is 10.2. The van der Waals surface area contributed by atoms with Crippen molar-refractivity contribution in [1.29, 1.82) is 0 Å². The first-order valence-corrected chi connectivity index (χ1v) is 8.51. The van der Waals surface area contributed by atoms with E-state index in [-0.39, 0.29) is 5.91 Å². The molecule has 132 valence electrons. The number of amides is 1. The van der Waals surface area contributed by atoms with Crippen molar-refractivity contribution in [2.45, 2.75) is 0 Å². The summed E-state index contributed by atoms with van der Waals surface area (Å²) in [4.78, 5) is 29.8. The Labute approximate surface area is 151 Å². The molecule has 1 aliphatic heterocycles. The van der Waals surface area contributed by atoms with Crippen LogP contribution in [0.2, 0.25) is 0 Å². The van der Waals surface area contributed by atoms with E-state index in [1.807, 2.05) is 35.2 Å². The molecule has 4 rings (SSSR count). The molecule has 1 aromatic carbocycles. The molecule has 3 aromatic rings. The van der Waals surface area contributed by atoms with Gasteiger partial charge in [0.15, 0.2) is 0 Å². The number of fused-ring (bicyclic) bond motifs is 1. The minimum absolute atomic E-state index is 0.0398. The maximum absolute atomic E-state index is 12.8. The Kier molecular flexibility index (Phi) is 4.35. The maximum atomic E-state index is 12.8. The van der Waals surface area contributed by atoms with Crippen molar-refractivity contribution in [2.75, 3.05) is 38.2 Å². The highest BCUT2D eigenvalue weighted by Gasteiger charge is 2.24. The quantitative estimate of drug-likeness (QED) is 0.720. The van der Waals surface area contributed by atoms with Gasteiger partial charge in [-0.15, -0.1) is 0 Å². The summed E-state index contributed by atoms with van der Waals surface area (Å²) in [5.41, 5.74) is 1.32. The van der Waals surface area contributed by atoms with Crippen molar-refractivity contribution in [3.05, 3.63) is 54.4 Å². The summed E-state index contributed by atoms with van der Waals surface area (Å²) < 4.78 is 5.15. The number of carbonyl (C=O) groups is 1. The highest BCUT2D eigenvalue weighted by molar-refractivity contribution is 5.95. The lowest BCUT2D eigenvalue weighted by molar-refractivity contribution is 0.0740. The number of benzene rings is 1. The van der Waals surface area contributed by atoms with E-state index in [0.29, 0.717) is 43.7 Å². The molecule has 0 saturated carbocycles. The molecule has 0 aliphatic carbocycles. The summed E-state index contributed by atoms with van der Waals surface area (Å²) in [5.74, 6) is 1.12. The lowest BCUT2D eigenvalue weighted by Gasteiger charge is -2.34. The zero-order chi connectivity index (χ0) is 17.9. The summed E-state index contributed by atoms with van der Waals surface area (Å²) >= 11 is 0. The third kappa shape index (κ3) is 3.15. The molecule has 26 heavy (non-hydrogen) atoms. The number of rotatable bonds is 3. The van der Waals surface area contributed by atoms with Gasteiger partial charge in [-0.3, -0.25) is 4.79 Å². The van der Waals surface area contributed by atoms with Gasteiger partial charge >= 0.3 is 0 Å². The van der Waals surface area contributed by atoms with Crippen LogP contribution in [0, 0.1) is 0 Å². The monoisotopic (exact) mass is 349 g/mol. The van der Waals surface area contributed by atoms with Crippen molar-refractivity contribution in [3.8, 4) is 5.88 Å². The van der Waals surface area contributed by atoms with Crippen molar-refractivity contribution in [2.24, 2.45) is 0 Å². The molecule has 1 saturated heterocycles. The van der Waals surface area contributed by atoms with Crippen molar-refractivity contribution in [3.63, 3.8) is 0 Å². The molecule has 0 atom stereocenters. The van der Waals surface area contributed by atoms with E-state index in [1.165, 1.54) is 0 Å². The average molecular weight is 349 g/mol. The van der Waals surface area contributed by atoms with E-state index in [2.05, 4.69) is 19.9 Å². The summed E-state index contributed by atoms with van der Waals surface area (Å²) in [6.07, 6.45) is 1.68. The molecule has 3 heterocycles. The standard InChI is InChI=1S/C19H19N5O2/c1-26-17-8-9-20-19(22-17)24-12-10-23(11-13-24)18(25)16-7-6-14-4-2-3-5-15(14)21-16/h2-9H,10-13H2,1H3. The Hall–Kier alpha value is -3.22. The van der Waals surface area contributed by atoms with Crippen LogP contribution in [0.5, 0.6) is 5.88 Å². The molecular weight excluding hydrogens is 330 g/mol. The number of para-hydroxylation sites is 1. The van der Waals surface area contributed by atoms with Crippen LogP contribution in [0.4, 0.5) is 5.95 Å². The number of piperazine rings is 1. The highest BCUT2D eigenvalue weighted by Crippen LogP contribution is 2.17. The first kappa shape index (κ1) is 16.3. The van der Waals surface area contributed by atoms with E-state index >= 15 is 0 Å². The van der Waals surface area contributed by atoms with Crippen LogP contribution in [0.3, 0.4) is 0 Å². The Balaban J connectivity index is 1.45. The molecule has 1 aliphatic rings. The van der Waals surface area contributed by atoms with Crippen LogP contribution in [-0.4, -0.2) is 59.0 Å². The van der Waals surface area contributed by atoms with Gasteiger partial charge in [0, 0.05) is 43.8 Å². The predicted octanol–water partition coefficient (Wildman–Crippen LogP) is 2.00. The number of pyridine rings is 1. The van der Waals surface area contributed by atoms with Gasteiger partial charge in [-0.1, -0.05) is 24.3 Å². The van der Waals surface area contributed by atoms with Gasteiger partial charge in [0.25, 0.3) is 5.91 Å². The number of hydrogen-bond donors (Lipinski definition) is 0. The van der Waals surface area contributed by atoms with Gasteiger partial charge in [0.05, 0.1) is 12.6 Å². The van der Waals surface area contributed by atoms with E-state index < -0.39 is 0 Å². The Morgan fingerprint density at radius 3 is 2.62 bits per heavy atom. The molecular formula is C19H19N5O2. The molecule has 2 aromatic heterocycles. The van der Waals surface area contributed by atoms with Crippen LogP contribution in [0.1, 0.15) is 10.5 Å². The molecule has 0 spiro atoms. The number of anilines is 1. The van der Waals surface area contributed by atoms with Crippen molar-refractivity contribution in [1.82, 2.24) is 19.9 Å². The molecule has 7 heteroatoms. The maximum Gasteiger partial charge on any atom is 0.272 e. The van der Waals surface area contributed by atoms with Gasteiger partial charge in [0.1, 0.15) is 5.69 Å². The Morgan fingerprint density at radius 2 is 1.81 bits per heavy atom. The van der Waals surface area contributed by atoms with Gasteiger partial charge in [-0.25, -0.2) is 9.97 Å². The van der Waals surface area contributed by atoms with E-state index in [4.69, 9.17) is 4.74 Å². The first-order valence-electron chi connectivity index (χ1n) is 8.51. The molecule has 0 unspecified atom stereocenters. The number of carbonyl (C=O) groups excluding carboxylic acids is 1. The largest absolute Gasteiger partial charge is 0.481 e. The smallest absolute Gasteiger partial charge is 0.272 e. The van der Waals surface area contributed by atoms with Crippen LogP contribution in [-0.2, 0) is 0 Å². The fraction of sp³-hybridized carbons (Fsp3) is 0.263. The van der Waals surface area contributed by atoms with Gasteiger partial charge in [-0.2, -0.15) is 4.98 Å². The Bertz CT molecular complexity index is 938. The van der Waals surface area contributed by atoms with Gasteiger partial charge < -0.3 is 14.5 Å². The average Bonchev–Trinajstić information content (AvgIpc) is 2.73. The minimum atomic E-state index is -0.0398. The van der Waals surface area contributed by atoms with Crippen LogP contribution in [0.25, 0.3) is 10.9 Å². The number of hydrogen-bond acceptors (Lipinski definition) is 6. The summed E-state index contributed by atoms with van der Waals surface area (Å²) in [6, 6.07) is 13.3. The number of ether oxygens (including phenoxy) is 1. The van der Waals surface area contributed by atoms with E-state index in [9.17, 15) is 4.79 Å². The molecule has 1 fully saturated rings. The summed E-state index contributed by atoms with van der Waals surface area (Å²) in [5, 5.41) is 1.03. The topological polar surface area (TPSA) is 71.5 Å². The first-order chi connectivity index (χ1) is 12.7. The zero-order valence-electron chi connectivity index (χ0n) is 14.5. The summed E-state index contributed by atoms with van der Waals surface area (Å²) in [7, 11) is 1.58. The lowest BCUT2D eigenvalue weighted by Crippen LogP contribution is -2.49. The minimum Gasteiger partial charge on any atom is -0.481 e. The number of aromatic nitrogens is 3. The number of methoxy groups -OCH3 is 1. The molecule has 0 bridgehead atoms. The van der Waals surface area contributed by atoms with E-state index in [1.54, 1.807) is 25.4 Å². The van der Waals surface area contributed by atoms with Crippen molar-refractivity contribution >= 4 is 22.8 Å². The zero-order valence-corrected chi connectivity index (χ0v) is 14.5. The normalized spacial score (nSPS) is 14.5. The predicted molar refractivity (Wildman–Crippen MR) is 98.4 cm³/mol. The fourth-order valence-corrected chi connectivity index (χ4v) is 3.06. The summed E-state index contributed by atoms with van der Waals surface area (Å²) in [6.45, 7) is 2.56. The highest BCUT2D eigenvalue weighted by atomic mass is 16.5. The SMILES string of the molecule is COc1ccnc(N2CCN(C(=O)c3ccc4ccccc4n3)CC2)n1. The molecule has 7 nitrogen and oxygen atoms in total. The van der Waals surface area contributed by atoms with Gasteiger partial charge in [-0.05, 0) is 12.1 Å². The van der Waals surface area contributed by atoms with Crippen molar-refractivity contribution < 1.29 is 9.53 Å². The van der Waals surface area contributed by atoms with Gasteiger partial charge in [0.2, 0.25) is 11.8 Å².